The van der Waals surface area contributed by atoms with Gasteiger partial charge in [-0.3, -0.25) is 0 Å². The van der Waals surface area contributed by atoms with Gasteiger partial charge in [0.25, 0.3) is 0 Å². The van der Waals surface area contributed by atoms with E-state index in [1.54, 1.807) is 0 Å². The molecule has 2 aromatic heterocycles. The zero-order chi connectivity index (χ0) is 7.84. The summed E-state index contributed by atoms with van der Waals surface area (Å²) in [5.74, 6) is 0. The molecule has 0 saturated heterocycles. The van der Waals surface area contributed by atoms with E-state index in [4.69, 9.17) is 0 Å². The van der Waals surface area contributed by atoms with Gasteiger partial charge in [-0.25, -0.2) is 4.98 Å². The van der Waals surface area contributed by atoms with Crippen molar-refractivity contribution in [3.63, 3.8) is 0 Å². The fourth-order valence-corrected chi connectivity index (χ4v) is 1.41. The van der Waals surface area contributed by atoms with E-state index in [-0.39, 0.29) is 0 Å². The van der Waals surface area contributed by atoms with E-state index in [1.807, 2.05) is 35.9 Å². The molecule has 0 fully saturated rings. The molecular weight excluding hydrogens is 204 g/mol. The minimum absolute atomic E-state index is 0.983. The number of fused-ring (bicyclic) bond motifs is 1. The van der Waals surface area contributed by atoms with Crippen LogP contribution < -0.4 is 0 Å². The van der Waals surface area contributed by atoms with Gasteiger partial charge in [-0.2, -0.15) is 0 Å². The van der Waals surface area contributed by atoms with Gasteiger partial charge in [0.2, 0.25) is 0 Å². The highest BCUT2D eigenvalue weighted by molar-refractivity contribution is 9.10. The van der Waals surface area contributed by atoms with Crippen LogP contribution in [0.2, 0.25) is 0 Å². The van der Waals surface area contributed by atoms with Crippen molar-refractivity contribution < 1.29 is 0 Å². The summed E-state index contributed by atoms with van der Waals surface area (Å²) in [5, 5.41) is 0. The summed E-state index contributed by atoms with van der Waals surface area (Å²) in [6, 6.07) is 3.99. The van der Waals surface area contributed by atoms with Crippen LogP contribution in [-0.2, 0) is 0 Å². The SMILES string of the molecule is Cc1cn2ccc(Br)cc2n1. The maximum Gasteiger partial charge on any atom is 0.138 e. The molecule has 3 heteroatoms. The molecule has 0 aliphatic heterocycles. The van der Waals surface area contributed by atoms with Gasteiger partial charge >= 0.3 is 0 Å². The maximum absolute atomic E-state index is 4.31. The van der Waals surface area contributed by atoms with E-state index in [9.17, 15) is 0 Å². The molecule has 11 heavy (non-hydrogen) atoms. The normalized spacial score (nSPS) is 10.7. The monoisotopic (exact) mass is 210 g/mol. The van der Waals surface area contributed by atoms with Gasteiger partial charge in [-0.05, 0) is 19.1 Å². The van der Waals surface area contributed by atoms with Crippen molar-refractivity contribution in [2.45, 2.75) is 6.92 Å². The molecule has 0 bridgehead atoms. The first kappa shape index (κ1) is 6.85. The Hall–Kier alpha value is -0.830. The number of hydrogen-bond acceptors (Lipinski definition) is 1. The molecule has 2 heterocycles. The van der Waals surface area contributed by atoms with Gasteiger partial charge in [0.15, 0.2) is 0 Å². The van der Waals surface area contributed by atoms with Crippen molar-refractivity contribution in [2.24, 2.45) is 0 Å². The first-order valence-corrected chi connectivity index (χ1v) is 4.16. The fraction of sp³-hybridized carbons (Fsp3) is 0.125. The lowest BCUT2D eigenvalue weighted by Gasteiger charge is -1.91. The number of imidazole rings is 1. The highest BCUT2D eigenvalue weighted by Gasteiger charge is 1.95. The van der Waals surface area contributed by atoms with Crippen molar-refractivity contribution in [3.05, 3.63) is 34.7 Å². The zero-order valence-corrected chi connectivity index (χ0v) is 7.67. The molecule has 2 nitrogen and oxygen atoms in total. The summed E-state index contributed by atoms with van der Waals surface area (Å²) < 4.78 is 3.07. The summed E-state index contributed by atoms with van der Waals surface area (Å²) in [6.07, 6.45) is 3.99. The molecular formula is C8H7BrN2. The van der Waals surface area contributed by atoms with Crippen molar-refractivity contribution in [1.82, 2.24) is 9.38 Å². The second-order valence-electron chi connectivity index (χ2n) is 2.49. The predicted molar refractivity (Wildman–Crippen MR) is 47.6 cm³/mol. The van der Waals surface area contributed by atoms with E-state index < -0.39 is 0 Å². The first-order chi connectivity index (χ1) is 5.25. The first-order valence-electron chi connectivity index (χ1n) is 3.36. The molecule has 0 radical (unpaired) electrons. The van der Waals surface area contributed by atoms with Gasteiger partial charge in [0.1, 0.15) is 5.65 Å². The highest BCUT2D eigenvalue weighted by Crippen LogP contribution is 2.12. The Bertz CT molecular complexity index is 392. The fourth-order valence-electron chi connectivity index (χ4n) is 1.08. The van der Waals surface area contributed by atoms with Crippen LogP contribution in [0.1, 0.15) is 5.69 Å². The third-order valence-corrected chi connectivity index (χ3v) is 2.04. The van der Waals surface area contributed by atoms with Crippen LogP contribution >= 0.6 is 15.9 Å². The van der Waals surface area contributed by atoms with Crippen molar-refractivity contribution >= 4 is 21.6 Å². The molecule has 0 spiro atoms. The van der Waals surface area contributed by atoms with Crippen LogP contribution in [0.3, 0.4) is 0 Å². The van der Waals surface area contributed by atoms with Crippen LogP contribution in [0.4, 0.5) is 0 Å². The minimum atomic E-state index is 0.983. The predicted octanol–water partition coefficient (Wildman–Crippen LogP) is 2.41. The summed E-state index contributed by atoms with van der Waals surface area (Å²) in [4.78, 5) is 4.31. The average Bonchev–Trinajstić information content (AvgIpc) is 2.27. The summed E-state index contributed by atoms with van der Waals surface area (Å²) in [5.41, 5.74) is 2.03. The second kappa shape index (κ2) is 2.34. The van der Waals surface area contributed by atoms with Crippen molar-refractivity contribution in [3.8, 4) is 0 Å². The highest BCUT2D eigenvalue weighted by atomic mass is 79.9. The van der Waals surface area contributed by atoms with E-state index >= 15 is 0 Å². The molecule has 0 atom stereocenters. The number of rotatable bonds is 0. The molecule has 2 rings (SSSR count). The summed E-state index contributed by atoms with van der Waals surface area (Å²) >= 11 is 3.39. The largest absolute Gasteiger partial charge is 0.307 e. The number of aryl methyl sites for hydroxylation is 1. The lowest BCUT2D eigenvalue weighted by atomic mass is 10.5. The van der Waals surface area contributed by atoms with Gasteiger partial charge < -0.3 is 4.40 Å². The molecule has 0 saturated carbocycles. The molecule has 56 valence electrons. The molecule has 0 aromatic carbocycles. The summed E-state index contributed by atoms with van der Waals surface area (Å²) in [6.45, 7) is 1.99. The van der Waals surface area contributed by atoms with Crippen LogP contribution in [0, 0.1) is 6.92 Å². The van der Waals surface area contributed by atoms with Crippen LogP contribution in [0.25, 0.3) is 5.65 Å². The van der Waals surface area contributed by atoms with Gasteiger partial charge in [0.05, 0.1) is 5.69 Å². The number of nitrogens with zero attached hydrogens (tertiary/aromatic N) is 2. The Morgan fingerprint density at radius 2 is 2.36 bits per heavy atom. The summed E-state index contributed by atoms with van der Waals surface area (Å²) in [7, 11) is 0. The third-order valence-electron chi connectivity index (χ3n) is 1.54. The van der Waals surface area contributed by atoms with Gasteiger partial charge in [0, 0.05) is 16.9 Å². The van der Waals surface area contributed by atoms with E-state index in [1.165, 1.54) is 0 Å². The third kappa shape index (κ3) is 1.16. The smallest absolute Gasteiger partial charge is 0.138 e. The molecule has 2 aromatic rings. The maximum atomic E-state index is 4.31. The Labute approximate surface area is 73.0 Å². The van der Waals surface area contributed by atoms with Crippen molar-refractivity contribution in [1.29, 1.82) is 0 Å². The molecule has 0 N–H and O–H groups in total. The number of pyridine rings is 1. The van der Waals surface area contributed by atoms with Gasteiger partial charge in [-0.15, -0.1) is 0 Å². The van der Waals surface area contributed by atoms with E-state index in [0.29, 0.717) is 0 Å². The number of aromatic nitrogens is 2. The minimum Gasteiger partial charge on any atom is -0.307 e. The average molecular weight is 211 g/mol. The second-order valence-corrected chi connectivity index (χ2v) is 3.41. The quantitative estimate of drug-likeness (QED) is 0.653. The van der Waals surface area contributed by atoms with Crippen LogP contribution in [0.5, 0.6) is 0 Å². The Morgan fingerprint density at radius 1 is 1.55 bits per heavy atom. The zero-order valence-electron chi connectivity index (χ0n) is 6.08. The molecule has 0 unspecified atom stereocenters. The number of hydrogen-bond donors (Lipinski definition) is 0. The molecule has 0 aliphatic rings. The molecule has 0 amide bonds. The number of halogens is 1. The lowest BCUT2D eigenvalue weighted by molar-refractivity contribution is 1.18. The Morgan fingerprint density at radius 3 is 3.18 bits per heavy atom. The van der Waals surface area contributed by atoms with E-state index in [2.05, 4.69) is 20.9 Å². The Balaban J connectivity index is 2.82. The molecule has 0 aliphatic carbocycles. The van der Waals surface area contributed by atoms with E-state index in [0.717, 1.165) is 15.8 Å². The lowest BCUT2D eigenvalue weighted by Crippen LogP contribution is -1.79. The topological polar surface area (TPSA) is 17.3 Å². The van der Waals surface area contributed by atoms with Gasteiger partial charge in [-0.1, -0.05) is 15.9 Å². The van der Waals surface area contributed by atoms with Crippen molar-refractivity contribution in [2.75, 3.05) is 0 Å². The Kier molecular flexibility index (Phi) is 1.46. The standard InChI is InChI=1S/C8H7BrN2/c1-6-5-11-3-2-7(9)4-8(11)10-6/h2-5H,1H3. The van der Waals surface area contributed by atoms with Crippen LogP contribution in [0.15, 0.2) is 29.0 Å². The van der Waals surface area contributed by atoms with Crippen LogP contribution in [-0.4, -0.2) is 9.38 Å².